The van der Waals surface area contributed by atoms with Crippen molar-refractivity contribution in [1.82, 2.24) is 14.9 Å². The SMILES string of the molecule is S=c1[nH]nc(C2CCCCC2)n1/N=C/c1ccc(OCc2ccccc2)cc1. The second-order valence-corrected chi connectivity index (χ2v) is 7.51. The fourth-order valence-electron chi connectivity index (χ4n) is 3.56. The lowest BCUT2D eigenvalue weighted by Gasteiger charge is -2.19. The molecular weight excluding hydrogens is 368 g/mol. The Morgan fingerprint density at radius 1 is 1.07 bits per heavy atom. The lowest BCUT2D eigenvalue weighted by atomic mass is 9.89. The van der Waals surface area contributed by atoms with Gasteiger partial charge < -0.3 is 4.74 Å². The van der Waals surface area contributed by atoms with Crippen LogP contribution in [-0.4, -0.2) is 21.1 Å². The van der Waals surface area contributed by atoms with Gasteiger partial charge in [-0.3, -0.25) is 5.10 Å². The Bertz CT molecular complexity index is 970. The van der Waals surface area contributed by atoms with Gasteiger partial charge in [0.1, 0.15) is 12.4 Å². The van der Waals surface area contributed by atoms with Gasteiger partial charge in [-0.25, -0.2) is 0 Å². The summed E-state index contributed by atoms with van der Waals surface area (Å²) in [5.41, 5.74) is 2.14. The molecule has 0 unspecified atom stereocenters. The van der Waals surface area contributed by atoms with Crippen LogP contribution in [-0.2, 0) is 6.61 Å². The molecule has 3 aromatic rings. The average molecular weight is 393 g/mol. The highest BCUT2D eigenvalue weighted by molar-refractivity contribution is 7.71. The van der Waals surface area contributed by atoms with Crippen molar-refractivity contribution in [1.29, 1.82) is 0 Å². The lowest BCUT2D eigenvalue weighted by Crippen LogP contribution is -2.10. The molecule has 0 amide bonds. The highest BCUT2D eigenvalue weighted by Gasteiger charge is 2.21. The summed E-state index contributed by atoms with van der Waals surface area (Å²) >= 11 is 5.37. The molecule has 0 aliphatic heterocycles. The summed E-state index contributed by atoms with van der Waals surface area (Å²) in [4.78, 5) is 0. The molecule has 1 saturated carbocycles. The summed E-state index contributed by atoms with van der Waals surface area (Å²) in [6.07, 6.45) is 7.93. The van der Waals surface area contributed by atoms with E-state index in [0.717, 1.165) is 35.5 Å². The molecule has 0 atom stereocenters. The van der Waals surface area contributed by atoms with E-state index in [2.05, 4.69) is 27.4 Å². The highest BCUT2D eigenvalue weighted by Crippen LogP contribution is 2.31. The first kappa shape index (κ1) is 18.6. The van der Waals surface area contributed by atoms with Crippen LogP contribution in [0, 0.1) is 4.77 Å². The maximum absolute atomic E-state index is 5.83. The second-order valence-electron chi connectivity index (χ2n) is 7.12. The van der Waals surface area contributed by atoms with Crippen LogP contribution >= 0.6 is 12.2 Å². The molecule has 2 aromatic carbocycles. The fraction of sp³-hybridized carbons (Fsp3) is 0.318. The van der Waals surface area contributed by atoms with Gasteiger partial charge in [0.25, 0.3) is 0 Å². The third kappa shape index (κ3) is 4.57. The first-order valence-electron chi connectivity index (χ1n) is 9.78. The van der Waals surface area contributed by atoms with E-state index in [0.29, 0.717) is 17.3 Å². The predicted molar refractivity (Wildman–Crippen MR) is 113 cm³/mol. The van der Waals surface area contributed by atoms with E-state index in [-0.39, 0.29) is 0 Å². The quantitative estimate of drug-likeness (QED) is 0.448. The first-order valence-corrected chi connectivity index (χ1v) is 10.2. The summed E-state index contributed by atoms with van der Waals surface area (Å²) < 4.78 is 8.14. The normalized spacial score (nSPS) is 15.1. The summed E-state index contributed by atoms with van der Waals surface area (Å²) in [6.45, 7) is 0.559. The van der Waals surface area contributed by atoms with Crippen molar-refractivity contribution < 1.29 is 4.74 Å². The number of nitrogens with one attached hydrogen (secondary N) is 1. The van der Waals surface area contributed by atoms with Gasteiger partial charge in [0.05, 0.1) is 6.21 Å². The van der Waals surface area contributed by atoms with E-state index in [9.17, 15) is 0 Å². The third-order valence-corrected chi connectivity index (χ3v) is 5.36. The largest absolute Gasteiger partial charge is 0.489 e. The van der Waals surface area contributed by atoms with Crippen molar-refractivity contribution in [2.24, 2.45) is 5.10 Å². The number of aromatic nitrogens is 3. The monoisotopic (exact) mass is 392 g/mol. The van der Waals surface area contributed by atoms with Crippen LogP contribution in [0.3, 0.4) is 0 Å². The van der Waals surface area contributed by atoms with Crippen molar-refractivity contribution in [3.63, 3.8) is 0 Å². The maximum atomic E-state index is 5.83. The molecule has 5 nitrogen and oxygen atoms in total. The number of ether oxygens (including phenoxy) is 1. The lowest BCUT2D eigenvalue weighted by molar-refractivity contribution is 0.306. The van der Waals surface area contributed by atoms with Gasteiger partial charge in [0.15, 0.2) is 5.82 Å². The molecule has 1 N–H and O–H groups in total. The van der Waals surface area contributed by atoms with Gasteiger partial charge in [0, 0.05) is 5.92 Å². The van der Waals surface area contributed by atoms with Crippen molar-refractivity contribution in [3.05, 3.63) is 76.3 Å². The molecule has 0 radical (unpaired) electrons. The van der Waals surface area contributed by atoms with E-state index in [1.165, 1.54) is 19.3 Å². The summed E-state index contributed by atoms with van der Waals surface area (Å²) in [7, 11) is 0. The van der Waals surface area contributed by atoms with Crippen molar-refractivity contribution in [3.8, 4) is 5.75 Å². The van der Waals surface area contributed by atoms with Gasteiger partial charge >= 0.3 is 0 Å². The number of nitrogens with zero attached hydrogens (tertiary/aromatic N) is 3. The Labute approximate surface area is 170 Å². The molecule has 0 saturated heterocycles. The van der Waals surface area contributed by atoms with E-state index < -0.39 is 0 Å². The standard InChI is InChI=1S/C22H24N4OS/c28-22-25-24-21(19-9-5-2-6-10-19)26(22)23-15-17-11-13-20(14-12-17)27-16-18-7-3-1-4-8-18/h1,3-4,7-8,11-15,19H,2,5-6,9-10,16H2,(H,25,28)/b23-15+. The number of aromatic amines is 1. The smallest absolute Gasteiger partial charge is 0.216 e. The molecule has 6 heteroatoms. The van der Waals surface area contributed by atoms with Gasteiger partial charge in [-0.1, -0.05) is 49.6 Å². The van der Waals surface area contributed by atoms with Crippen LogP contribution in [0.4, 0.5) is 0 Å². The fourth-order valence-corrected chi connectivity index (χ4v) is 3.74. The minimum absolute atomic E-state index is 0.438. The van der Waals surface area contributed by atoms with E-state index in [1.807, 2.05) is 48.7 Å². The third-order valence-electron chi connectivity index (χ3n) is 5.10. The van der Waals surface area contributed by atoms with Crippen molar-refractivity contribution in [2.75, 3.05) is 0 Å². The Hall–Kier alpha value is -2.73. The molecule has 1 aromatic heterocycles. The summed E-state index contributed by atoms with van der Waals surface area (Å²) in [5.74, 6) is 2.22. The number of rotatable bonds is 6. The molecule has 4 rings (SSSR count). The van der Waals surface area contributed by atoms with Gasteiger partial charge in [-0.2, -0.15) is 14.9 Å². The van der Waals surface area contributed by atoms with Crippen LogP contribution in [0.5, 0.6) is 5.75 Å². The zero-order chi connectivity index (χ0) is 19.2. The average Bonchev–Trinajstić information content (AvgIpc) is 3.13. The Morgan fingerprint density at radius 3 is 2.57 bits per heavy atom. The first-order chi connectivity index (χ1) is 13.8. The van der Waals surface area contributed by atoms with Crippen LogP contribution in [0.2, 0.25) is 0 Å². The number of hydrogen-bond donors (Lipinski definition) is 1. The van der Waals surface area contributed by atoms with Crippen LogP contribution in [0.1, 0.15) is 55.0 Å². The number of hydrogen-bond acceptors (Lipinski definition) is 4. The molecule has 144 valence electrons. The molecule has 0 bridgehead atoms. The Kier molecular flexibility index (Phi) is 5.97. The number of H-pyrrole nitrogens is 1. The molecule has 1 heterocycles. The minimum Gasteiger partial charge on any atom is -0.489 e. The topological polar surface area (TPSA) is 55.2 Å². The minimum atomic E-state index is 0.438. The van der Waals surface area contributed by atoms with E-state index in [1.54, 1.807) is 4.68 Å². The van der Waals surface area contributed by atoms with Crippen molar-refractivity contribution >= 4 is 18.4 Å². The maximum Gasteiger partial charge on any atom is 0.216 e. The van der Waals surface area contributed by atoms with Crippen LogP contribution in [0.15, 0.2) is 59.7 Å². The molecule has 1 fully saturated rings. The molecule has 0 spiro atoms. The Balaban J connectivity index is 1.42. The molecule has 1 aliphatic rings. The molecule has 1 aliphatic carbocycles. The molecular formula is C22H24N4OS. The van der Waals surface area contributed by atoms with Gasteiger partial charge in [-0.05, 0) is 60.5 Å². The number of benzene rings is 2. The van der Waals surface area contributed by atoms with Gasteiger partial charge in [0.2, 0.25) is 4.77 Å². The summed E-state index contributed by atoms with van der Waals surface area (Å²) in [5, 5.41) is 11.9. The predicted octanol–water partition coefficient (Wildman–Crippen LogP) is 5.45. The van der Waals surface area contributed by atoms with Gasteiger partial charge in [-0.15, -0.1) is 0 Å². The second kappa shape index (κ2) is 8.97. The van der Waals surface area contributed by atoms with E-state index in [4.69, 9.17) is 17.0 Å². The zero-order valence-electron chi connectivity index (χ0n) is 15.8. The van der Waals surface area contributed by atoms with Crippen LogP contribution in [0.25, 0.3) is 0 Å². The highest BCUT2D eigenvalue weighted by atomic mass is 32.1. The zero-order valence-corrected chi connectivity index (χ0v) is 16.6. The van der Waals surface area contributed by atoms with Crippen molar-refractivity contribution in [2.45, 2.75) is 44.6 Å². The Morgan fingerprint density at radius 2 is 1.82 bits per heavy atom. The van der Waals surface area contributed by atoms with E-state index >= 15 is 0 Å². The van der Waals surface area contributed by atoms with Crippen LogP contribution < -0.4 is 4.74 Å². The summed E-state index contributed by atoms with van der Waals surface area (Å²) in [6, 6.07) is 18.0. The molecule has 28 heavy (non-hydrogen) atoms.